The number of unbranched alkanes of at least 4 members (excludes halogenated alkanes) is 1. The first kappa shape index (κ1) is 32.7. The third-order valence-corrected chi connectivity index (χ3v) is 10.0. The van der Waals surface area contributed by atoms with Crippen molar-refractivity contribution in [3.63, 3.8) is 0 Å². The third kappa shape index (κ3) is 7.05. The number of imide groups is 1. The molecule has 6 rings (SSSR count). The Labute approximate surface area is 279 Å². The number of hydrogen-bond acceptors (Lipinski definition) is 9. The number of thioether (sulfide) groups is 1. The van der Waals surface area contributed by atoms with Crippen molar-refractivity contribution >= 4 is 64.0 Å². The van der Waals surface area contributed by atoms with Crippen LogP contribution in [0.5, 0.6) is 11.6 Å². The van der Waals surface area contributed by atoms with Crippen LogP contribution in [0.4, 0.5) is 10.6 Å². The first-order valence-corrected chi connectivity index (χ1v) is 16.8. The van der Waals surface area contributed by atoms with Crippen LogP contribution in [-0.2, 0) is 14.4 Å². The average Bonchev–Trinajstić information content (AvgIpc) is 3.74. The number of fused-ring (bicyclic) bond motifs is 2. The maximum Gasteiger partial charge on any atom is 0.339 e. The number of nitrogens with one attached hydrogen (secondary N) is 4. The molecule has 250 valence electrons. The molecule has 2 aromatic carbocycles. The lowest BCUT2D eigenvalue weighted by atomic mass is 10.0. The zero-order chi connectivity index (χ0) is 33.8. The van der Waals surface area contributed by atoms with Gasteiger partial charge in [0.2, 0.25) is 23.6 Å². The first-order valence-electron chi connectivity index (χ1n) is 15.7. The van der Waals surface area contributed by atoms with Crippen LogP contribution in [0, 0.1) is 0 Å². The molecule has 3 fully saturated rings. The number of benzene rings is 2. The predicted octanol–water partition coefficient (Wildman–Crippen LogP) is 2.95. The van der Waals surface area contributed by atoms with Crippen LogP contribution in [0.2, 0.25) is 0 Å². The molecule has 15 heteroatoms. The SMILES string of the molecule is O=C(CCCC[C@@H]1SC[C@@H]2NC(=O)N[C@@H]21)NCCNC(=O)c1cccc2c(Oc3ccc(C(=O)O)c(N4C(=O)CCC4=O)n3)cccc12. The number of carboxylic acids is 1. The Morgan fingerprint density at radius 1 is 0.917 bits per heavy atom. The number of carbonyl (C=O) groups excluding carboxylic acids is 5. The molecule has 0 saturated carbocycles. The summed E-state index contributed by atoms with van der Waals surface area (Å²) in [4.78, 5) is 78.4. The van der Waals surface area contributed by atoms with Gasteiger partial charge >= 0.3 is 12.0 Å². The van der Waals surface area contributed by atoms with Crippen molar-refractivity contribution in [2.24, 2.45) is 0 Å². The topological polar surface area (TPSA) is 196 Å². The molecule has 3 atom stereocenters. The molecule has 0 bridgehead atoms. The van der Waals surface area contributed by atoms with Crippen LogP contribution in [0.1, 0.15) is 59.2 Å². The molecular formula is C33H34N6O8S. The summed E-state index contributed by atoms with van der Waals surface area (Å²) in [6.45, 7) is 0.494. The maximum absolute atomic E-state index is 13.1. The van der Waals surface area contributed by atoms with Crippen molar-refractivity contribution < 1.29 is 38.6 Å². The van der Waals surface area contributed by atoms with Crippen LogP contribution < -0.4 is 30.9 Å². The quantitative estimate of drug-likeness (QED) is 0.102. The molecule has 0 spiro atoms. The molecule has 3 aliphatic rings. The highest BCUT2D eigenvalue weighted by atomic mass is 32.2. The fourth-order valence-electron chi connectivity index (χ4n) is 6.15. The monoisotopic (exact) mass is 674 g/mol. The number of nitrogens with zero attached hydrogens (tertiary/aromatic N) is 2. The first-order chi connectivity index (χ1) is 23.2. The highest BCUT2D eigenvalue weighted by Crippen LogP contribution is 2.34. The van der Waals surface area contributed by atoms with Crippen molar-refractivity contribution in [3.8, 4) is 11.6 Å². The highest BCUT2D eigenvalue weighted by molar-refractivity contribution is 8.00. The fraction of sp³-hybridized carbons (Fsp3) is 0.364. The molecule has 48 heavy (non-hydrogen) atoms. The third-order valence-electron chi connectivity index (χ3n) is 8.50. The van der Waals surface area contributed by atoms with Gasteiger partial charge in [-0.25, -0.2) is 14.5 Å². The molecular weight excluding hydrogens is 640 g/mol. The van der Waals surface area contributed by atoms with Gasteiger partial charge in [-0.3, -0.25) is 19.2 Å². The van der Waals surface area contributed by atoms with Crippen LogP contribution >= 0.6 is 11.8 Å². The normalized spacial score (nSPS) is 20.0. The van der Waals surface area contributed by atoms with E-state index in [1.807, 2.05) is 11.8 Å². The van der Waals surface area contributed by atoms with Gasteiger partial charge in [-0.1, -0.05) is 30.7 Å². The number of aromatic carboxylic acids is 1. The number of hydrogen-bond donors (Lipinski definition) is 5. The number of anilines is 1. The summed E-state index contributed by atoms with van der Waals surface area (Å²) in [6, 6.07) is 13.0. The molecule has 3 aliphatic heterocycles. The van der Waals surface area contributed by atoms with Crippen LogP contribution in [0.25, 0.3) is 10.8 Å². The molecule has 3 aromatic rings. The molecule has 6 amide bonds. The van der Waals surface area contributed by atoms with E-state index in [2.05, 4.69) is 26.3 Å². The van der Waals surface area contributed by atoms with Crippen LogP contribution in [0.3, 0.4) is 0 Å². The van der Waals surface area contributed by atoms with E-state index in [0.717, 1.165) is 29.9 Å². The summed E-state index contributed by atoms with van der Waals surface area (Å²) in [5.74, 6) is -1.97. The van der Waals surface area contributed by atoms with E-state index in [4.69, 9.17) is 4.74 Å². The van der Waals surface area contributed by atoms with Crippen molar-refractivity contribution in [2.45, 2.75) is 55.9 Å². The van der Waals surface area contributed by atoms with Crippen molar-refractivity contribution in [2.75, 3.05) is 23.7 Å². The summed E-state index contributed by atoms with van der Waals surface area (Å²) in [6.07, 6.45) is 2.88. The standard InChI is InChI=1S/C33H34N6O8S/c40-25(10-2-1-9-24-29-22(17-48-24)36-33(46)38-29)34-15-16-35-31(43)20-7-3-6-19-18(20)5-4-8-23(19)47-26-12-11-21(32(44)45)30(37-26)39-27(41)13-14-28(39)42/h3-8,11-12,22,24,29H,1-2,9-10,13-17H2,(H,34,40)(H,35,43)(H,44,45)(H2,36,38,46)/t22-,24-,29-/m0/s1. The Morgan fingerprint density at radius 3 is 2.46 bits per heavy atom. The molecule has 0 unspecified atom stereocenters. The summed E-state index contributed by atoms with van der Waals surface area (Å²) in [7, 11) is 0. The number of amides is 6. The number of urea groups is 1. The summed E-state index contributed by atoms with van der Waals surface area (Å²) < 4.78 is 6.00. The van der Waals surface area contributed by atoms with Crippen LogP contribution in [0.15, 0.2) is 48.5 Å². The minimum atomic E-state index is -1.34. The van der Waals surface area contributed by atoms with E-state index in [1.54, 1.807) is 36.4 Å². The van der Waals surface area contributed by atoms with Crippen LogP contribution in [-0.4, -0.2) is 81.9 Å². The number of carboxylic acid groups (broad SMARTS) is 1. The summed E-state index contributed by atoms with van der Waals surface area (Å²) in [5, 5.41) is 22.7. The van der Waals surface area contributed by atoms with E-state index in [-0.39, 0.29) is 73.1 Å². The number of aromatic nitrogens is 1. The van der Waals surface area contributed by atoms with Gasteiger partial charge in [-0.2, -0.15) is 16.7 Å². The Kier molecular flexibility index (Phi) is 9.75. The average molecular weight is 675 g/mol. The minimum absolute atomic E-state index is 0.0340. The van der Waals surface area contributed by atoms with Gasteiger partial charge in [-0.15, -0.1) is 0 Å². The maximum atomic E-state index is 13.1. The van der Waals surface area contributed by atoms with Gasteiger partial charge in [0, 0.05) is 60.4 Å². The van der Waals surface area contributed by atoms with E-state index in [9.17, 15) is 33.9 Å². The molecule has 5 N–H and O–H groups in total. The van der Waals surface area contributed by atoms with Gasteiger partial charge in [0.25, 0.3) is 5.91 Å². The molecule has 1 aromatic heterocycles. The van der Waals surface area contributed by atoms with Crippen molar-refractivity contribution in [1.82, 2.24) is 26.3 Å². The number of carbonyl (C=O) groups is 6. The minimum Gasteiger partial charge on any atom is -0.478 e. The van der Waals surface area contributed by atoms with Gasteiger partial charge < -0.3 is 31.1 Å². The smallest absolute Gasteiger partial charge is 0.339 e. The van der Waals surface area contributed by atoms with Gasteiger partial charge in [0.1, 0.15) is 11.3 Å². The zero-order valence-electron chi connectivity index (χ0n) is 25.8. The lowest BCUT2D eigenvalue weighted by Gasteiger charge is -2.17. The van der Waals surface area contributed by atoms with Gasteiger partial charge in [0.05, 0.1) is 12.1 Å². The van der Waals surface area contributed by atoms with Gasteiger partial charge in [0.15, 0.2) is 5.82 Å². The lowest BCUT2D eigenvalue weighted by molar-refractivity contribution is -0.122. The Hall–Kier alpha value is -5.18. The lowest BCUT2D eigenvalue weighted by Crippen LogP contribution is -2.36. The van der Waals surface area contributed by atoms with Gasteiger partial charge in [-0.05, 0) is 36.4 Å². The fourth-order valence-corrected chi connectivity index (χ4v) is 7.70. The van der Waals surface area contributed by atoms with Crippen molar-refractivity contribution in [3.05, 3.63) is 59.7 Å². The van der Waals surface area contributed by atoms with E-state index in [1.165, 1.54) is 12.1 Å². The number of pyridine rings is 1. The van der Waals surface area contributed by atoms with Crippen molar-refractivity contribution in [1.29, 1.82) is 0 Å². The molecule has 4 heterocycles. The van der Waals surface area contributed by atoms with E-state index >= 15 is 0 Å². The van der Waals surface area contributed by atoms with E-state index in [0.29, 0.717) is 33.8 Å². The second-order valence-electron chi connectivity index (χ2n) is 11.7. The molecule has 14 nitrogen and oxygen atoms in total. The summed E-state index contributed by atoms with van der Waals surface area (Å²) in [5.41, 5.74) is 0.0721. The summed E-state index contributed by atoms with van der Waals surface area (Å²) >= 11 is 1.85. The Balaban J connectivity index is 1.02. The largest absolute Gasteiger partial charge is 0.478 e. The number of ether oxygens (including phenoxy) is 1. The molecule has 3 saturated heterocycles. The second-order valence-corrected chi connectivity index (χ2v) is 13.0. The highest BCUT2D eigenvalue weighted by Gasteiger charge is 2.42. The predicted molar refractivity (Wildman–Crippen MR) is 176 cm³/mol. The Bertz CT molecular complexity index is 1780. The zero-order valence-corrected chi connectivity index (χ0v) is 26.6. The van der Waals surface area contributed by atoms with E-state index < -0.39 is 17.8 Å². The Morgan fingerprint density at radius 2 is 1.67 bits per heavy atom. The second kappa shape index (κ2) is 14.3. The molecule has 0 aliphatic carbocycles. The molecule has 0 radical (unpaired) electrons. The number of rotatable bonds is 13.